The third kappa shape index (κ3) is 2.85. The van der Waals surface area contributed by atoms with Crippen molar-refractivity contribution in [1.29, 1.82) is 0 Å². The third-order valence-electron chi connectivity index (χ3n) is 3.16. The summed E-state index contributed by atoms with van der Waals surface area (Å²) in [6, 6.07) is 6.36. The first kappa shape index (κ1) is 13.0. The van der Waals surface area contributed by atoms with E-state index in [0.717, 1.165) is 30.0 Å². The molecule has 18 heavy (non-hydrogen) atoms. The molecule has 0 radical (unpaired) electrons. The highest BCUT2D eigenvalue weighted by atomic mass is 16.5. The second kappa shape index (κ2) is 5.91. The summed E-state index contributed by atoms with van der Waals surface area (Å²) >= 11 is 0. The number of nitrogens with one attached hydrogen (secondary N) is 1. The van der Waals surface area contributed by atoms with Gasteiger partial charge in [-0.1, -0.05) is 20.4 Å². The van der Waals surface area contributed by atoms with Crippen LogP contribution in [0.15, 0.2) is 30.4 Å². The zero-order valence-corrected chi connectivity index (χ0v) is 11.2. The van der Waals surface area contributed by atoms with Crippen molar-refractivity contribution in [3.05, 3.63) is 35.9 Å². The van der Waals surface area contributed by atoms with E-state index in [1.54, 1.807) is 0 Å². The Morgan fingerprint density at radius 1 is 1.50 bits per heavy atom. The van der Waals surface area contributed by atoms with Crippen LogP contribution in [0.3, 0.4) is 0 Å². The van der Waals surface area contributed by atoms with E-state index in [2.05, 4.69) is 31.8 Å². The van der Waals surface area contributed by atoms with Gasteiger partial charge in [-0.15, -0.1) is 0 Å². The Morgan fingerprint density at radius 3 is 3.06 bits per heavy atom. The topological polar surface area (TPSA) is 30.5 Å². The fraction of sp³-hybridized carbons (Fsp3) is 0.467. The van der Waals surface area contributed by atoms with E-state index in [9.17, 15) is 0 Å². The first-order chi connectivity index (χ1) is 8.74. The monoisotopic (exact) mass is 247 g/mol. The standard InChI is InChI=1S/C15H21NO2/c1-4-11(3)9-17-12-6-7-13-14(16-5-2)10-18-15(13)8-12/h6-8,14,16H,3-5,9-10H2,1-2H3. The van der Waals surface area contributed by atoms with Gasteiger partial charge in [0.2, 0.25) is 0 Å². The number of benzene rings is 1. The Labute approximate surface area is 109 Å². The van der Waals surface area contributed by atoms with Gasteiger partial charge in [-0.05, 0) is 30.7 Å². The number of hydrogen-bond donors (Lipinski definition) is 1. The smallest absolute Gasteiger partial charge is 0.128 e. The molecular weight excluding hydrogens is 226 g/mol. The highest BCUT2D eigenvalue weighted by Gasteiger charge is 2.23. The van der Waals surface area contributed by atoms with Gasteiger partial charge >= 0.3 is 0 Å². The SMILES string of the molecule is C=C(CC)COc1ccc2c(c1)OCC2NCC. The van der Waals surface area contributed by atoms with Gasteiger partial charge < -0.3 is 14.8 Å². The zero-order chi connectivity index (χ0) is 13.0. The average Bonchev–Trinajstić information content (AvgIpc) is 2.79. The van der Waals surface area contributed by atoms with Crippen LogP contribution in [0.25, 0.3) is 0 Å². The minimum absolute atomic E-state index is 0.310. The molecule has 0 saturated carbocycles. The van der Waals surface area contributed by atoms with E-state index in [4.69, 9.17) is 9.47 Å². The number of rotatable bonds is 6. The molecular formula is C15H21NO2. The van der Waals surface area contributed by atoms with Crippen molar-refractivity contribution in [3.63, 3.8) is 0 Å². The fourth-order valence-electron chi connectivity index (χ4n) is 1.98. The zero-order valence-electron chi connectivity index (χ0n) is 11.2. The molecule has 0 fully saturated rings. The van der Waals surface area contributed by atoms with Crippen LogP contribution >= 0.6 is 0 Å². The highest BCUT2D eigenvalue weighted by Crippen LogP contribution is 2.35. The van der Waals surface area contributed by atoms with E-state index in [0.29, 0.717) is 19.3 Å². The minimum atomic E-state index is 0.310. The van der Waals surface area contributed by atoms with Crippen molar-refractivity contribution in [2.75, 3.05) is 19.8 Å². The Morgan fingerprint density at radius 2 is 2.33 bits per heavy atom. The van der Waals surface area contributed by atoms with Crippen molar-refractivity contribution < 1.29 is 9.47 Å². The Hall–Kier alpha value is -1.48. The lowest BCUT2D eigenvalue weighted by Gasteiger charge is -2.10. The molecule has 3 heteroatoms. The number of hydrogen-bond acceptors (Lipinski definition) is 3. The van der Waals surface area contributed by atoms with Crippen LogP contribution in [-0.2, 0) is 0 Å². The first-order valence-corrected chi connectivity index (χ1v) is 6.54. The Kier molecular flexibility index (Phi) is 4.26. The van der Waals surface area contributed by atoms with E-state index in [1.807, 2.05) is 12.1 Å². The van der Waals surface area contributed by atoms with Gasteiger partial charge in [-0.25, -0.2) is 0 Å². The predicted octanol–water partition coefficient (Wildman–Crippen LogP) is 3.07. The average molecular weight is 247 g/mol. The molecule has 0 aromatic heterocycles. The van der Waals surface area contributed by atoms with Gasteiger partial charge in [0.1, 0.15) is 24.7 Å². The summed E-state index contributed by atoms with van der Waals surface area (Å²) in [5, 5.41) is 3.40. The van der Waals surface area contributed by atoms with Crippen LogP contribution in [0.1, 0.15) is 31.9 Å². The molecule has 1 aliphatic rings. The second-order valence-corrected chi connectivity index (χ2v) is 4.51. The highest BCUT2D eigenvalue weighted by molar-refractivity contribution is 5.45. The number of ether oxygens (including phenoxy) is 2. The van der Waals surface area contributed by atoms with Crippen molar-refractivity contribution in [2.24, 2.45) is 0 Å². The molecule has 98 valence electrons. The largest absolute Gasteiger partial charge is 0.491 e. The maximum Gasteiger partial charge on any atom is 0.128 e. The molecule has 1 heterocycles. The van der Waals surface area contributed by atoms with Gasteiger partial charge in [0.05, 0.1) is 6.04 Å². The maximum absolute atomic E-state index is 5.68. The predicted molar refractivity (Wildman–Crippen MR) is 73.3 cm³/mol. The second-order valence-electron chi connectivity index (χ2n) is 4.51. The molecule has 1 atom stereocenters. The summed E-state index contributed by atoms with van der Waals surface area (Å²) in [4.78, 5) is 0. The molecule has 1 aromatic carbocycles. The van der Waals surface area contributed by atoms with E-state index in [1.165, 1.54) is 5.56 Å². The van der Waals surface area contributed by atoms with Crippen molar-refractivity contribution in [3.8, 4) is 11.5 Å². The van der Waals surface area contributed by atoms with Gasteiger partial charge in [-0.3, -0.25) is 0 Å². The molecule has 0 amide bonds. The summed E-state index contributed by atoms with van der Waals surface area (Å²) in [5.41, 5.74) is 2.32. The third-order valence-corrected chi connectivity index (χ3v) is 3.16. The van der Waals surface area contributed by atoms with E-state index >= 15 is 0 Å². The minimum Gasteiger partial charge on any atom is -0.491 e. The Balaban J connectivity index is 2.03. The van der Waals surface area contributed by atoms with Gasteiger partial charge in [0.25, 0.3) is 0 Å². The van der Waals surface area contributed by atoms with Crippen LogP contribution in [0.4, 0.5) is 0 Å². The lowest BCUT2D eigenvalue weighted by molar-refractivity contribution is 0.310. The van der Waals surface area contributed by atoms with Gasteiger partial charge in [0.15, 0.2) is 0 Å². The molecule has 2 rings (SSSR count). The lowest BCUT2D eigenvalue weighted by Crippen LogP contribution is -2.21. The van der Waals surface area contributed by atoms with E-state index in [-0.39, 0.29) is 0 Å². The molecule has 0 bridgehead atoms. The summed E-state index contributed by atoms with van der Waals surface area (Å²) in [6.07, 6.45) is 0.948. The van der Waals surface area contributed by atoms with Crippen molar-refractivity contribution >= 4 is 0 Å². The van der Waals surface area contributed by atoms with Crippen molar-refractivity contribution in [1.82, 2.24) is 5.32 Å². The van der Waals surface area contributed by atoms with Gasteiger partial charge in [0, 0.05) is 11.6 Å². The first-order valence-electron chi connectivity index (χ1n) is 6.54. The van der Waals surface area contributed by atoms with Crippen LogP contribution in [0.5, 0.6) is 11.5 Å². The molecule has 0 saturated heterocycles. The summed E-state index contributed by atoms with van der Waals surface area (Å²) < 4.78 is 11.4. The summed E-state index contributed by atoms with van der Waals surface area (Å²) in [6.45, 7) is 10.3. The Bertz CT molecular complexity index is 429. The fourth-order valence-corrected chi connectivity index (χ4v) is 1.98. The molecule has 3 nitrogen and oxygen atoms in total. The molecule has 1 unspecified atom stereocenters. The maximum atomic E-state index is 5.68. The normalized spacial score (nSPS) is 17.1. The molecule has 0 spiro atoms. The van der Waals surface area contributed by atoms with E-state index < -0.39 is 0 Å². The number of fused-ring (bicyclic) bond motifs is 1. The van der Waals surface area contributed by atoms with Crippen LogP contribution in [0.2, 0.25) is 0 Å². The van der Waals surface area contributed by atoms with Gasteiger partial charge in [-0.2, -0.15) is 0 Å². The van der Waals surface area contributed by atoms with Crippen LogP contribution < -0.4 is 14.8 Å². The number of likely N-dealkylation sites (N-methyl/N-ethyl adjacent to an activating group) is 1. The summed E-state index contributed by atoms with van der Waals surface area (Å²) in [7, 11) is 0. The lowest BCUT2D eigenvalue weighted by atomic mass is 10.1. The molecule has 1 N–H and O–H groups in total. The summed E-state index contributed by atoms with van der Waals surface area (Å²) in [5.74, 6) is 1.78. The molecule has 0 aliphatic carbocycles. The molecule has 1 aromatic rings. The quantitative estimate of drug-likeness (QED) is 0.784. The van der Waals surface area contributed by atoms with Crippen molar-refractivity contribution in [2.45, 2.75) is 26.3 Å². The van der Waals surface area contributed by atoms with Crippen LogP contribution in [-0.4, -0.2) is 19.8 Å². The molecule has 1 aliphatic heterocycles. The van der Waals surface area contributed by atoms with Crippen LogP contribution in [0, 0.1) is 0 Å².